The summed E-state index contributed by atoms with van der Waals surface area (Å²) in [5.74, 6) is 0.466. The molecule has 7 rings (SSSR count). The Hall–Kier alpha value is -3.91. The molecule has 7 nitrogen and oxygen atoms in total. The van der Waals surface area contributed by atoms with Crippen molar-refractivity contribution < 1.29 is 9.59 Å². The highest BCUT2D eigenvalue weighted by Crippen LogP contribution is 2.32. The number of fused-ring (bicyclic) bond motifs is 4. The summed E-state index contributed by atoms with van der Waals surface area (Å²) in [6, 6.07) is 16.4. The van der Waals surface area contributed by atoms with E-state index in [1.165, 1.54) is 10.9 Å². The molecule has 2 N–H and O–H groups in total. The van der Waals surface area contributed by atoms with E-state index in [4.69, 9.17) is 4.98 Å². The number of aromatic amines is 2. The van der Waals surface area contributed by atoms with Crippen LogP contribution in [0.4, 0.5) is 0 Å². The highest BCUT2D eigenvalue weighted by atomic mass is 32.1. The number of para-hydroxylation sites is 2. The normalized spacial score (nSPS) is 16.3. The third kappa shape index (κ3) is 4.09. The predicted molar refractivity (Wildman–Crippen MR) is 149 cm³/mol. The van der Waals surface area contributed by atoms with E-state index < -0.39 is 0 Å². The summed E-state index contributed by atoms with van der Waals surface area (Å²) >= 11 is 1.58. The number of nitrogens with one attached hydrogen (secondary N) is 2. The van der Waals surface area contributed by atoms with Crippen molar-refractivity contribution in [3.05, 3.63) is 87.6 Å². The zero-order chi connectivity index (χ0) is 25.6. The van der Waals surface area contributed by atoms with Crippen LogP contribution in [0.15, 0.2) is 60.1 Å². The zero-order valence-corrected chi connectivity index (χ0v) is 21.9. The number of hydrogen-bond donors (Lipinski definition) is 2. The highest BCUT2D eigenvalue weighted by molar-refractivity contribution is 7.09. The lowest BCUT2D eigenvalue weighted by atomic mass is 9.97. The second-order valence-electron chi connectivity index (χ2n) is 10.4. The minimum absolute atomic E-state index is 0.00292. The Kier molecular flexibility index (Phi) is 5.77. The molecule has 1 fully saturated rings. The molecule has 0 spiro atoms. The lowest BCUT2D eigenvalue weighted by Crippen LogP contribution is -2.38. The van der Waals surface area contributed by atoms with Crippen LogP contribution in [-0.2, 0) is 24.2 Å². The summed E-state index contributed by atoms with van der Waals surface area (Å²) in [7, 11) is 0. The maximum absolute atomic E-state index is 13.3. The molecular weight excluding hydrogens is 494 g/mol. The summed E-state index contributed by atoms with van der Waals surface area (Å²) in [4.78, 5) is 41.7. The van der Waals surface area contributed by atoms with E-state index in [9.17, 15) is 9.59 Å². The van der Waals surface area contributed by atoms with Crippen LogP contribution in [0.3, 0.4) is 0 Å². The first kappa shape index (κ1) is 23.2. The maximum Gasteiger partial charge on any atom is 0.273 e. The molecule has 0 bridgehead atoms. The first-order valence-electron chi connectivity index (χ1n) is 13.3. The first-order chi connectivity index (χ1) is 18.6. The Morgan fingerprint density at radius 2 is 1.71 bits per heavy atom. The van der Waals surface area contributed by atoms with Crippen LogP contribution in [-0.4, -0.2) is 56.2 Å². The van der Waals surface area contributed by atoms with Crippen LogP contribution in [0.1, 0.15) is 51.1 Å². The SMILES string of the molecule is O=C(Cc1c[nH]c2ccccc12)N1CCC(c2nc(C(=O)N3CCc4c([nH]c5ccccc45)C3)cs2)CC1. The third-order valence-corrected chi connectivity index (χ3v) is 9.13. The fourth-order valence-corrected chi connectivity index (χ4v) is 7.00. The van der Waals surface area contributed by atoms with E-state index in [-0.39, 0.29) is 11.8 Å². The number of nitrogens with zero attached hydrogens (tertiary/aromatic N) is 3. The second kappa shape index (κ2) is 9.44. The molecule has 0 unspecified atom stereocenters. The van der Waals surface area contributed by atoms with Crippen molar-refractivity contribution >= 4 is 45.0 Å². The number of hydrogen-bond acceptors (Lipinski definition) is 4. The number of piperidine rings is 1. The lowest BCUT2D eigenvalue weighted by Gasteiger charge is -2.31. The van der Waals surface area contributed by atoms with E-state index in [1.807, 2.05) is 45.6 Å². The Labute approximate surface area is 224 Å². The summed E-state index contributed by atoms with van der Waals surface area (Å²) < 4.78 is 0. The Morgan fingerprint density at radius 3 is 2.55 bits per heavy atom. The van der Waals surface area contributed by atoms with Crippen molar-refractivity contribution in [1.82, 2.24) is 24.8 Å². The Balaban J connectivity index is 0.974. The van der Waals surface area contributed by atoms with Crippen LogP contribution in [0.5, 0.6) is 0 Å². The minimum atomic E-state index is 0.00292. The van der Waals surface area contributed by atoms with Gasteiger partial charge in [0.15, 0.2) is 0 Å². The number of carbonyl (C=O) groups excluding carboxylic acids is 2. The van der Waals surface area contributed by atoms with Crippen LogP contribution < -0.4 is 0 Å². The van der Waals surface area contributed by atoms with Crippen LogP contribution in [0.2, 0.25) is 0 Å². The zero-order valence-electron chi connectivity index (χ0n) is 21.1. The molecule has 2 aromatic carbocycles. The van der Waals surface area contributed by atoms with Gasteiger partial charge in [-0.15, -0.1) is 11.3 Å². The standard InChI is InChI=1S/C30H29N5O2S/c36-28(15-20-16-31-24-7-3-1-5-21(20)24)34-12-9-19(10-13-34)29-33-27(18-38-29)30(37)35-14-11-23-22-6-2-4-8-25(22)32-26(23)17-35/h1-8,16,18-19,31-32H,9-15,17H2. The number of rotatable bonds is 4. The molecule has 5 aromatic rings. The topological polar surface area (TPSA) is 85.1 Å². The van der Waals surface area contributed by atoms with Gasteiger partial charge in [0.1, 0.15) is 5.69 Å². The van der Waals surface area contributed by atoms with E-state index in [0.29, 0.717) is 31.1 Å². The molecule has 1 saturated heterocycles. The molecule has 192 valence electrons. The number of carbonyl (C=O) groups is 2. The fraction of sp³-hybridized carbons (Fsp3) is 0.300. The van der Waals surface area contributed by atoms with Crippen molar-refractivity contribution in [2.24, 2.45) is 0 Å². The quantitative estimate of drug-likeness (QED) is 0.337. The van der Waals surface area contributed by atoms with Crippen molar-refractivity contribution in [2.45, 2.75) is 38.1 Å². The van der Waals surface area contributed by atoms with Crippen LogP contribution in [0, 0.1) is 0 Å². The van der Waals surface area contributed by atoms with Crippen LogP contribution in [0.25, 0.3) is 21.8 Å². The third-order valence-electron chi connectivity index (χ3n) is 8.12. The van der Waals surface area contributed by atoms with E-state index in [2.05, 4.69) is 34.2 Å². The van der Waals surface area contributed by atoms with E-state index >= 15 is 0 Å². The number of thiazole rings is 1. The summed E-state index contributed by atoms with van der Waals surface area (Å²) in [5, 5.41) is 5.30. The van der Waals surface area contributed by atoms with Gasteiger partial charge < -0.3 is 19.8 Å². The smallest absolute Gasteiger partial charge is 0.273 e. The molecule has 5 heterocycles. The molecular formula is C30H29N5O2S. The lowest BCUT2D eigenvalue weighted by molar-refractivity contribution is -0.131. The molecule has 2 amide bonds. The monoisotopic (exact) mass is 523 g/mol. The minimum Gasteiger partial charge on any atom is -0.361 e. The maximum atomic E-state index is 13.3. The Morgan fingerprint density at radius 1 is 0.947 bits per heavy atom. The number of amides is 2. The fourth-order valence-electron chi connectivity index (χ4n) is 6.03. The average molecular weight is 524 g/mol. The van der Waals surface area contributed by atoms with E-state index in [1.54, 1.807) is 11.3 Å². The van der Waals surface area contributed by atoms with Crippen LogP contribution >= 0.6 is 11.3 Å². The van der Waals surface area contributed by atoms with Gasteiger partial charge in [0.25, 0.3) is 5.91 Å². The Bertz CT molecular complexity index is 1660. The molecule has 38 heavy (non-hydrogen) atoms. The van der Waals surface area contributed by atoms with Crippen molar-refractivity contribution in [3.8, 4) is 0 Å². The van der Waals surface area contributed by atoms with Crippen molar-refractivity contribution in [3.63, 3.8) is 0 Å². The van der Waals surface area contributed by atoms with E-state index in [0.717, 1.165) is 65.0 Å². The molecule has 0 saturated carbocycles. The van der Waals surface area contributed by atoms with Gasteiger partial charge in [-0.1, -0.05) is 36.4 Å². The highest BCUT2D eigenvalue weighted by Gasteiger charge is 2.29. The molecule has 0 atom stereocenters. The van der Waals surface area contributed by atoms with Gasteiger partial charge in [0.2, 0.25) is 5.91 Å². The first-order valence-corrected chi connectivity index (χ1v) is 14.2. The molecule has 0 aliphatic carbocycles. The van der Waals surface area contributed by atoms with Gasteiger partial charge >= 0.3 is 0 Å². The molecule has 8 heteroatoms. The van der Waals surface area contributed by atoms with Crippen molar-refractivity contribution in [1.29, 1.82) is 0 Å². The summed E-state index contributed by atoms with van der Waals surface area (Å²) in [6.45, 7) is 2.75. The van der Waals surface area contributed by atoms with Gasteiger partial charge in [0.05, 0.1) is 18.0 Å². The average Bonchev–Trinajstić information content (AvgIpc) is 3.70. The number of aromatic nitrogens is 3. The van der Waals surface area contributed by atoms with Gasteiger partial charge in [-0.25, -0.2) is 4.98 Å². The molecule has 2 aliphatic rings. The summed E-state index contributed by atoms with van der Waals surface area (Å²) in [6.07, 6.45) is 4.97. The summed E-state index contributed by atoms with van der Waals surface area (Å²) in [5.41, 5.74) is 6.25. The van der Waals surface area contributed by atoms with Gasteiger partial charge in [-0.2, -0.15) is 0 Å². The second-order valence-corrected chi connectivity index (χ2v) is 11.3. The largest absolute Gasteiger partial charge is 0.361 e. The van der Waals surface area contributed by atoms with Gasteiger partial charge in [-0.3, -0.25) is 9.59 Å². The predicted octanol–water partition coefficient (Wildman–Crippen LogP) is 5.25. The van der Waals surface area contributed by atoms with Gasteiger partial charge in [0, 0.05) is 64.6 Å². The number of likely N-dealkylation sites (tertiary alicyclic amines) is 1. The van der Waals surface area contributed by atoms with Gasteiger partial charge in [-0.05, 0) is 42.5 Å². The number of H-pyrrole nitrogens is 2. The number of benzene rings is 2. The van der Waals surface area contributed by atoms with Crippen molar-refractivity contribution in [2.75, 3.05) is 19.6 Å². The molecule has 3 aromatic heterocycles. The molecule has 2 aliphatic heterocycles. The molecule has 0 radical (unpaired) electrons.